The van der Waals surface area contributed by atoms with Gasteiger partial charge in [-0.1, -0.05) is 68.5 Å². The summed E-state index contributed by atoms with van der Waals surface area (Å²) in [7, 11) is 4.80. The number of nitrogens with zero attached hydrogens (tertiary/aromatic N) is 5. The maximum Gasteiger partial charge on any atom is 0.316 e. The second-order valence-electron chi connectivity index (χ2n) is 18.4. The Morgan fingerprint density at radius 1 is 1.06 bits per heavy atom. The molecule has 2 fully saturated rings. The number of rotatable bonds is 14. The first-order valence-electron chi connectivity index (χ1n) is 22.4. The van der Waals surface area contributed by atoms with Crippen molar-refractivity contribution in [1.82, 2.24) is 24.9 Å². The number of methoxy groups -OCH3 is 2. The van der Waals surface area contributed by atoms with E-state index in [9.17, 15) is 34.1 Å². The van der Waals surface area contributed by atoms with Gasteiger partial charge in [0.25, 0.3) is 0 Å². The minimum atomic E-state index is -2.00. The number of alkyl halides is 1. The van der Waals surface area contributed by atoms with E-state index in [2.05, 4.69) is 15.3 Å². The Labute approximate surface area is 385 Å². The molecule has 0 saturated carbocycles. The summed E-state index contributed by atoms with van der Waals surface area (Å²) in [4.78, 5) is 48.6. The van der Waals surface area contributed by atoms with Gasteiger partial charge in [-0.2, -0.15) is 0 Å². The molecule has 15 atom stereocenters. The zero-order valence-electron chi connectivity index (χ0n) is 39.4. The number of nitrogens with two attached hydrogens (primary N) is 1. The van der Waals surface area contributed by atoms with Crippen LogP contribution in [0.3, 0.4) is 0 Å². The van der Waals surface area contributed by atoms with E-state index in [0.29, 0.717) is 30.2 Å². The number of Topliss-reactive ketones (excluding diaryl/α,β-unsaturated/α-hetero) is 2. The molecule has 1 unspecified atom stereocenters. The zero-order chi connectivity index (χ0) is 48.1. The number of hydrogen-bond acceptors (Lipinski definition) is 17. The number of ketones is 2. The van der Waals surface area contributed by atoms with Gasteiger partial charge in [0.05, 0.1) is 34.5 Å². The van der Waals surface area contributed by atoms with Crippen molar-refractivity contribution in [3.05, 3.63) is 47.9 Å². The van der Waals surface area contributed by atoms with Gasteiger partial charge < -0.3 is 49.6 Å². The second kappa shape index (κ2) is 21.9. The highest BCUT2D eigenvalue weighted by molar-refractivity contribution is 7.18. The molecule has 19 heteroatoms. The molecule has 362 valence electrons. The van der Waals surface area contributed by atoms with Crippen LogP contribution in [0.1, 0.15) is 98.1 Å². The average Bonchev–Trinajstić information content (AvgIpc) is 3.96. The first kappa shape index (κ1) is 52.2. The van der Waals surface area contributed by atoms with Crippen molar-refractivity contribution >= 4 is 34.0 Å². The lowest BCUT2D eigenvalue weighted by Crippen LogP contribution is -2.60. The van der Waals surface area contributed by atoms with Crippen LogP contribution in [0.15, 0.2) is 36.7 Å². The molecular weight excluding hydrogens is 864 g/mol. The minimum absolute atomic E-state index is 0.0202. The van der Waals surface area contributed by atoms with E-state index < -0.39 is 108 Å². The van der Waals surface area contributed by atoms with Crippen molar-refractivity contribution < 1.29 is 57.8 Å². The molecular formula is C46H69FN6O11S. The van der Waals surface area contributed by atoms with Crippen LogP contribution >= 0.6 is 11.3 Å². The van der Waals surface area contributed by atoms with Crippen LogP contribution in [0, 0.1) is 23.7 Å². The molecule has 0 bridgehead atoms. The average molecular weight is 933 g/mol. The van der Waals surface area contributed by atoms with Crippen LogP contribution in [0.5, 0.6) is 0 Å². The first-order valence-corrected chi connectivity index (χ1v) is 23.2. The highest BCUT2D eigenvalue weighted by Gasteiger charge is 2.52. The van der Waals surface area contributed by atoms with E-state index in [-0.39, 0.29) is 18.6 Å². The molecule has 1 aromatic carbocycles. The van der Waals surface area contributed by atoms with Gasteiger partial charge in [0.2, 0.25) is 0 Å². The van der Waals surface area contributed by atoms with E-state index in [1.807, 2.05) is 43.1 Å². The van der Waals surface area contributed by atoms with Gasteiger partial charge >= 0.3 is 5.97 Å². The van der Waals surface area contributed by atoms with Gasteiger partial charge in [-0.05, 0) is 65.1 Å². The van der Waals surface area contributed by atoms with Crippen molar-refractivity contribution in [2.75, 3.05) is 40.2 Å². The summed E-state index contributed by atoms with van der Waals surface area (Å²) in [5.74, 6) is -6.01. The van der Waals surface area contributed by atoms with Gasteiger partial charge in [0.15, 0.2) is 17.2 Å². The lowest BCUT2D eigenvalue weighted by Gasteiger charge is -2.47. The summed E-state index contributed by atoms with van der Waals surface area (Å²) in [6.45, 7) is 12.4. The quantitative estimate of drug-likeness (QED) is 0.129. The standard InChI is InChI=1S/C46H69FN6O11S/c1-12-35-46(8,59)40(57)26(4)36(54)24(2)20-45(7,61-11)41(27(5)37(55)28(6)42(58)63-35)64-43-38(56)32(19-25(3)62-43)52(9)18-17-31-23-53(51-50-31)33(21-47)39(60-10)30-15-13-29(14-16-30)34-22-49-44(48)65-34/h13-16,22-28,32-33,35,38-41,43,56-57,59H,12,17-21H2,1-11H3,(H2,48,49)/t24-,25-,26+,27+,28-,32+,33?,35-,38-,39-,40-,41-,43+,45-,46-/m1/s1. The Morgan fingerprint density at radius 3 is 2.32 bits per heavy atom. The van der Waals surface area contributed by atoms with Crippen LogP contribution in [0.25, 0.3) is 10.4 Å². The van der Waals surface area contributed by atoms with Gasteiger partial charge in [0.1, 0.15) is 48.3 Å². The summed E-state index contributed by atoms with van der Waals surface area (Å²) >= 11 is 1.37. The molecule has 5 rings (SSSR count). The van der Waals surface area contributed by atoms with Crippen LogP contribution in [0.2, 0.25) is 0 Å². The predicted octanol–water partition coefficient (Wildman–Crippen LogP) is 4.53. The molecule has 0 spiro atoms. The lowest BCUT2D eigenvalue weighted by atomic mass is 9.74. The Morgan fingerprint density at radius 2 is 1.74 bits per heavy atom. The molecule has 5 N–H and O–H groups in total. The Balaban J connectivity index is 1.33. The normalized spacial score (nSPS) is 34.3. The van der Waals surface area contributed by atoms with Crippen LogP contribution in [-0.2, 0) is 44.5 Å². The van der Waals surface area contributed by atoms with Crippen molar-refractivity contribution in [3.63, 3.8) is 0 Å². The van der Waals surface area contributed by atoms with E-state index >= 15 is 0 Å². The molecule has 2 aliphatic rings. The maximum absolute atomic E-state index is 14.8. The highest BCUT2D eigenvalue weighted by Crippen LogP contribution is 2.39. The SMILES string of the molecule is CC[C@H]1OC(=O)[C@H](C)C(=O)[C@H](C)[C@@H](O[C@@H]2O[C@H](C)C[C@H](N(C)CCc3cn(C(CF)[C@H](OC)c4ccc(-c5cnc(N)s5)cc4)nn3)[C@H]2O)[C@](C)(OC)C[C@@H](C)C(=O)[C@H](C)[C@@H](O)[C@]1(C)O. The molecule has 65 heavy (non-hydrogen) atoms. The van der Waals surface area contributed by atoms with Crippen molar-refractivity contribution in [2.24, 2.45) is 23.7 Å². The first-order chi connectivity index (χ1) is 30.6. The van der Waals surface area contributed by atoms with E-state index in [4.69, 9.17) is 29.4 Å². The Hall–Kier alpha value is -3.79. The van der Waals surface area contributed by atoms with E-state index in [0.717, 1.165) is 16.0 Å². The van der Waals surface area contributed by atoms with Crippen molar-refractivity contribution in [1.29, 1.82) is 0 Å². The number of hydrogen-bond donors (Lipinski definition) is 4. The number of ether oxygens (including phenoxy) is 5. The number of halogens is 1. The molecule has 2 aliphatic heterocycles. The molecule has 2 aromatic heterocycles. The van der Waals surface area contributed by atoms with Gasteiger partial charge in [-0.25, -0.2) is 14.1 Å². The second-order valence-corrected chi connectivity index (χ2v) is 19.4. The number of nitrogen functional groups attached to an aromatic ring is 1. The smallest absolute Gasteiger partial charge is 0.316 e. The molecule has 2 saturated heterocycles. The summed E-state index contributed by atoms with van der Waals surface area (Å²) in [5.41, 5.74) is 4.73. The predicted molar refractivity (Wildman–Crippen MR) is 240 cm³/mol. The van der Waals surface area contributed by atoms with Gasteiger partial charge in [0, 0.05) is 63.4 Å². The van der Waals surface area contributed by atoms with Crippen molar-refractivity contribution in [3.8, 4) is 10.4 Å². The monoisotopic (exact) mass is 932 g/mol. The largest absolute Gasteiger partial charge is 0.459 e. The van der Waals surface area contributed by atoms with Crippen LogP contribution in [-0.4, -0.2) is 146 Å². The summed E-state index contributed by atoms with van der Waals surface area (Å²) in [5, 5.41) is 43.8. The maximum atomic E-state index is 14.8. The summed E-state index contributed by atoms with van der Waals surface area (Å²) in [6.07, 6.45) is -3.17. The number of aliphatic hydroxyl groups excluding tert-OH is 2. The zero-order valence-corrected chi connectivity index (χ0v) is 40.2. The van der Waals surface area contributed by atoms with E-state index in [1.165, 1.54) is 51.0 Å². The number of likely N-dealkylation sites (N-methyl/N-ethyl adjacent to an activating group) is 1. The third-order valence-electron chi connectivity index (χ3n) is 13.6. The molecule has 0 radical (unpaired) electrons. The van der Waals surface area contributed by atoms with Crippen molar-refractivity contribution in [2.45, 2.75) is 147 Å². The fourth-order valence-electron chi connectivity index (χ4n) is 9.47. The Bertz CT molecular complexity index is 2050. The summed E-state index contributed by atoms with van der Waals surface area (Å²) < 4.78 is 46.7. The lowest BCUT2D eigenvalue weighted by molar-refractivity contribution is -0.296. The number of anilines is 1. The number of cyclic esters (lactones) is 1. The Kier molecular flexibility index (Phi) is 17.6. The molecule has 0 amide bonds. The van der Waals surface area contributed by atoms with Crippen LogP contribution < -0.4 is 5.73 Å². The molecule has 3 aromatic rings. The molecule has 0 aliphatic carbocycles. The number of aromatic nitrogens is 4. The number of benzene rings is 1. The van der Waals surface area contributed by atoms with Crippen LogP contribution in [0.4, 0.5) is 9.52 Å². The molecule has 4 heterocycles. The fraction of sp³-hybridized carbons (Fsp3) is 0.696. The van der Waals surface area contributed by atoms with Gasteiger partial charge in [-0.15, -0.1) is 5.10 Å². The third kappa shape index (κ3) is 11.5. The minimum Gasteiger partial charge on any atom is -0.459 e. The fourth-order valence-corrected chi connectivity index (χ4v) is 10.2. The van der Waals surface area contributed by atoms with E-state index in [1.54, 1.807) is 40.1 Å². The third-order valence-corrected chi connectivity index (χ3v) is 14.5. The number of thiazole rings is 1. The number of aliphatic hydroxyl groups is 3. The summed E-state index contributed by atoms with van der Waals surface area (Å²) in [6, 6.07) is 6.29. The topological polar surface area (TPSA) is 231 Å². The number of carbonyl (C=O) groups excluding carboxylic acids is 3. The number of carbonyl (C=O) groups is 3. The number of esters is 1. The molecule has 17 nitrogen and oxygen atoms in total. The van der Waals surface area contributed by atoms with Gasteiger partial charge in [-0.3, -0.25) is 14.4 Å². The highest BCUT2D eigenvalue weighted by atomic mass is 32.1.